The van der Waals surface area contributed by atoms with Gasteiger partial charge >= 0.3 is 0 Å². The van der Waals surface area contributed by atoms with Crippen LogP contribution in [0, 0.1) is 18.8 Å². The molecule has 1 N–H and O–H groups in total. The number of hydrogen-bond donors (Lipinski definition) is 1. The van der Waals surface area contributed by atoms with Gasteiger partial charge in [0, 0.05) is 13.1 Å². The second-order valence-corrected chi connectivity index (χ2v) is 6.29. The number of benzene rings is 1. The first-order valence-electron chi connectivity index (χ1n) is 7.75. The Morgan fingerprint density at radius 1 is 1.30 bits per heavy atom. The van der Waals surface area contributed by atoms with Crippen molar-refractivity contribution in [3.63, 3.8) is 0 Å². The van der Waals surface area contributed by atoms with Crippen molar-refractivity contribution in [1.29, 1.82) is 0 Å². The minimum Gasteiger partial charge on any atom is -0.335 e. The number of rotatable bonds is 2. The highest BCUT2D eigenvalue weighted by Crippen LogP contribution is 2.35. The van der Waals surface area contributed by atoms with Gasteiger partial charge in [-0.05, 0) is 43.4 Å². The van der Waals surface area contributed by atoms with Crippen molar-refractivity contribution in [2.45, 2.75) is 32.7 Å². The van der Waals surface area contributed by atoms with Gasteiger partial charge in [-0.3, -0.25) is 4.79 Å². The number of carbonyl (C=O) groups excluding carboxylic acids is 1. The normalized spacial score (nSPS) is 29.9. The molecule has 20 heavy (non-hydrogen) atoms. The van der Waals surface area contributed by atoms with Crippen LogP contribution in [-0.4, -0.2) is 30.4 Å². The second-order valence-electron chi connectivity index (χ2n) is 6.29. The molecule has 0 aromatic heterocycles. The first-order chi connectivity index (χ1) is 9.68. The molecule has 108 valence electrons. The van der Waals surface area contributed by atoms with E-state index in [1.807, 2.05) is 0 Å². The van der Waals surface area contributed by atoms with E-state index in [0.29, 0.717) is 11.8 Å². The Hall–Kier alpha value is -1.35. The van der Waals surface area contributed by atoms with Crippen LogP contribution in [0.25, 0.3) is 0 Å². The van der Waals surface area contributed by atoms with Crippen LogP contribution in [0.3, 0.4) is 0 Å². The molecule has 0 spiro atoms. The Balaban J connectivity index is 1.82. The molecular formula is C17H24N2O. The standard InChI is InChI=1S/C17H24N2O/c1-12-6-3-4-7-14(12)16-8-5-9-19(16)17(20)15-11-18-10-13(15)2/h3-4,6-7,13,15-16,18H,5,8-11H2,1-2H3/t13-,15-,16?/m1/s1. The van der Waals surface area contributed by atoms with Gasteiger partial charge in [0.15, 0.2) is 0 Å². The fraction of sp³-hybridized carbons (Fsp3) is 0.588. The predicted octanol–water partition coefficient (Wildman–Crippen LogP) is 2.51. The van der Waals surface area contributed by atoms with Crippen LogP contribution in [0.4, 0.5) is 0 Å². The van der Waals surface area contributed by atoms with Gasteiger partial charge in [-0.25, -0.2) is 0 Å². The quantitative estimate of drug-likeness (QED) is 0.897. The molecule has 0 aliphatic carbocycles. The van der Waals surface area contributed by atoms with Crippen molar-refractivity contribution in [1.82, 2.24) is 10.2 Å². The summed E-state index contributed by atoms with van der Waals surface area (Å²) in [6, 6.07) is 8.78. The van der Waals surface area contributed by atoms with Crippen LogP contribution in [0.1, 0.15) is 36.9 Å². The van der Waals surface area contributed by atoms with Gasteiger partial charge in [-0.15, -0.1) is 0 Å². The number of aryl methyl sites for hydroxylation is 1. The molecule has 3 nitrogen and oxygen atoms in total. The van der Waals surface area contributed by atoms with Gasteiger partial charge in [0.1, 0.15) is 0 Å². The minimum absolute atomic E-state index is 0.166. The number of carbonyl (C=O) groups is 1. The summed E-state index contributed by atoms with van der Waals surface area (Å²) in [5.41, 5.74) is 2.63. The smallest absolute Gasteiger partial charge is 0.227 e. The highest BCUT2D eigenvalue weighted by molar-refractivity contribution is 5.80. The van der Waals surface area contributed by atoms with Gasteiger partial charge in [-0.1, -0.05) is 31.2 Å². The summed E-state index contributed by atoms with van der Waals surface area (Å²) >= 11 is 0. The van der Waals surface area contributed by atoms with E-state index in [9.17, 15) is 4.79 Å². The molecule has 1 amide bonds. The number of nitrogens with zero attached hydrogens (tertiary/aromatic N) is 1. The van der Waals surface area contributed by atoms with Crippen molar-refractivity contribution >= 4 is 5.91 Å². The lowest BCUT2D eigenvalue weighted by Gasteiger charge is -2.29. The maximum Gasteiger partial charge on any atom is 0.227 e. The van der Waals surface area contributed by atoms with Crippen LogP contribution >= 0.6 is 0 Å². The van der Waals surface area contributed by atoms with Crippen molar-refractivity contribution in [3.8, 4) is 0 Å². The zero-order valence-electron chi connectivity index (χ0n) is 12.4. The number of amides is 1. The molecule has 0 radical (unpaired) electrons. The van der Waals surface area contributed by atoms with E-state index in [2.05, 4.69) is 48.3 Å². The van der Waals surface area contributed by atoms with E-state index >= 15 is 0 Å². The van der Waals surface area contributed by atoms with E-state index in [4.69, 9.17) is 0 Å². The molecule has 1 unspecified atom stereocenters. The molecule has 2 saturated heterocycles. The van der Waals surface area contributed by atoms with Crippen molar-refractivity contribution in [3.05, 3.63) is 35.4 Å². The SMILES string of the molecule is Cc1ccccc1C1CCCN1C(=O)[C@@H]1CNC[C@H]1C. The molecular weight excluding hydrogens is 248 g/mol. The average Bonchev–Trinajstić information content (AvgIpc) is 3.07. The highest BCUT2D eigenvalue weighted by atomic mass is 16.2. The molecule has 2 fully saturated rings. The van der Waals surface area contributed by atoms with E-state index in [1.54, 1.807) is 0 Å². The van der Waals surface area contributed by atoms with Crippen LogP contribution in [0.2, 0.25) is 0 Å². The topological polar surface area (TPSA) is 32.3 Å². The zero-order valence-corrected chi connectivity index (χ0v) is 12.4. The number of nitrogens with one attached hydrogen (secondary N) is 1. The highest BCUT2D eigenvalue weighted by Gasteiger charge is 2.38. The summed E-state index contributed by atoms with van der Waals surface area (Å²) in [7, 11) is 0. The minimum atomic E-state index is 0.166. The summed E-state index contributed by atoms with van der Waals surface area (Å²) in [6.45, 7) is 7.06. The molecule has 0 saturated carbocycles. The molecule has 0 bridgehead atoms. The molecule has 2 heterocycles. The summed E-state index contributed by atoms with van der Waals surface area (Å²) < 4.78 is 0. The third-order valence-electron chi connectivity index (χ3n) is 4.92. The monoisotopic (exact) mass is 272 g/mol. The first-order valence-corrected chi connectivity index (χ1v) is 7.75. The molecule has 2 aliphatic heterocycles. The average molecular weight is 272 g/mol. The summed E-state index contributed by atoms with van der Waals surface area (Å²) in [5.74, 6) is 0.980. The third kappa shape index (κ3) is 2.35. The number of likely N-dealkylation sites (tertiary alicyclic amines) is 1. The molecule has 3 atom stereocenters. The van der Waals surface area contributed by atoms with Crippen LogP contribution in [0.5, 0.6) is 0 Å². The lowest BCUT2D eigenvalue weighted by molar-refractivity contribution is -0.137. The van der Waals surface area contributed by atoms with Gasteiger partial charge in [0.05, 0.1) is 12.0 Å². The fourth-order valence-electron chi connectivity index (χ4n) is 3.67. The predicted molar refractivity (Wildman–Crippen MR) is 80.4 cm³/mol. The lowest BCUT2D eigenvalue weighted by atomic mass is 9.94. The van der Waals surface area contributed by atoms with E-state index in [0.717, 1.165) is 32.5 Å². The number of hydrogen-bond acceptors (Lipinski definition) is 2. The van der Waals surface area contributed by atoms with Gasteiger partial charge in [0.25, 0.3) is 0 Å². The Bertz CT molecular complexity index is 500. The van der Waals surface area contributed by atoms with E-state index < -0.39 is 0 Å². The Labute approximate surface area is 121 Å². The second kappa shape index (κ2) is 5.57. The van der Waals surface area contributed by atoms with Crippen LogP contribution in [-0.2, 0) is 4.79 Å². The maximum atomic E-state index is 12.8. The fourth-order valence-corrected chi connectivity index (χ4v) is 3.67. The van der Waals surface area contributed by atoms with Crippen molar-refractivity contribution in [2.75, 3.05) is 19.6 Å². The Kier molecular flexibility index (Phi) is 3.79. The molecule has 1 aromatic carbocycles. The van der Waals surface area contributed by atoms with Crippen molar-refractivity contribution in [2.24, 2.45) is 11.8 Å². The molecule has 1 aromatic rings. The van der Waals surface area contributed by atoms with E-state index in [1.165, 1.54) is 11.1 Å². The third-order valence-corrected chi connectivity index (χ3v) is 4.92. The van der Waals surface area contributed by atoms with Crippen LogP contribution in [0.15, 0.2) is 24.3 Å². The van der Waals surface area contributed by atoms with Gasteiger partial charge < -0.3 is 10.2 Å². The summed E-state index contributed by atoms with van der Waals surface area (Å²) in [4.78, 5) is 15.0. The summed E-state index contributed by atoms with van der Waals surface area (Å²) in [5, 5.41) is 3.34. The summed E-state index contributed by atoms with van der Waals surface area (Å²) in [6.07, 6.45) is 2.23. The Morgan fingerprint density at radius 2 is 2.10 bits per heavy atom. The van der Waals surface area contributed by atoms with E-state index in [-0.39, 0.29) is 12.0 Å². The van der Waals surface area contributed by atoms with Crippen LogP contribution < -0.4 is 5.32 Å². The Morgan fingerprint density at radius 3 is 2.80 bits per heavy atom. The maximum absolute atomic E-state index is 12.8. The molecule has 2 aliphatic rings. The van der Waals surface area contributed by atoms with Gasteiger partial charge in [0.2, 0.25) is 5.91 Å². The molecule has 3 heteroatoms. The lowest BCUT2D eigenvalue weighted by Crippen LogP contribution is -2.38. The first kappa shape index (κ1) is 13.6. The van der Waals surface area contributed by atoms with Gasteiger partial charge in [-0.2, -0.15) is 0 Å². The molecule has 3 rings (SSSR count). The van der Waals surface area contributed by atoms with Crippen molar-refractivity contribution < 1.29 is 4.79 Å². The zero-order chi connectivity index (χ0) is 14.1. The largest absolute Gasteiger partial charge is 0.335 e.